The molecule has 1 aliphatic heterocycles. The molecule has 5 nitrogen and oxygen atoms in total. The van der Waals surface area contributed by atoms with Gasteiger partial charge in [-0.15, -0.1) is 0 Å². The van der Waals surface area contributed by atoms with Gasteiger partial charge in [0.15, 0.2) is 0 Å². The van der Waals surface area contributed by atoms with Gasteiger partial charge >= 0.3 is 6.03 Å². The van der Waals surface area contributed by atoms with Gasteiger partial charge in [0, 0.05) is 38.3 Å². The predicted octanol–water partition coefficient (Wildman–Crippen LogP) is 3.26. The number of nitrogens with one attached hydrogen (secondary N) is 1. The van der Waals surface area contributed by atoms with Gasteiger partial charge in [-0.2, -0.15) is 5.26 Å². The highest BCUT2D eigenvalue weighted by Gasteiger charge is 2.20. The third kappa shape index (κ3) is 4.53. The van der Waals surface area contributed by atoms with E-state index in [9.17, 15) is 18.8 Å². The first-order valence-corrected chi connectivity index (χ1v) is 8.79. The lowest BCUT2D eigenvalue weighted by Gasteiger charge is -2.24. The number of amides is 2. The molecule has 0 saturated carbocycles. The van der Waals surface area contributed by atoms with Gasteiger partial charge in [-0.1, -0.05) is 12.1 Å². The van der Waals surface area contributed by atoms with Crippen LogP contribution in [-0.4, -0.2) is 37.1 Å². The van der Waals surface area contributed by atoms with E-state index in [2.05, 4.69) is 16.3 Å². The SMILES string of the molecule is N#Cc1ccccc1N1CCCN(C(=O)NCc2cc(F)ccc2F)CC1. The minimum Gasteiger partial charge on any atom is -0.369 e. The van der Waals surface area contributed by atoms with E-state index in [1.807, 2.05) is 18.2 Å². The number of nitrogens with zero attached hydrogens (tertiary/aromatic N) is 3. The van der Waals surface area contributed by atoms with E-state index in [0.717, 1.165) is 36.9 Å². The van der Waals surface area contributed by atoms with Crippen LogP contribution in [0.5, 0.6) is 0 Å². The number of hydrogen-bond acceptors (Lipinski definition) is 3. The van der Waals surface area contributed by atoms with Gasteiger partial charge in [0.05, 0.1) is 11.3 Å². The van der Waals surface area contributed by atoms with Gasteiger partial charge in [-0.05, 0) is 36.8 Å². The van der Waals surface area contributed by atoms with E-state index < -0.39 is 11.6 Å². The van der Waals surface area contributed by atoms with E-state index in [1.54, 1.807) is 11.0 Å². The zero-order valence-electron chi connectivity index (χ0n) is 14.8. The molecule has 1 saturated heterocycles. The standard InChI is InChI=1S/C20H20F2N4O/c21-17-6-7-18(22)16(12-17)14-24-20(27)26-9-3-8-25(10-11-26)19-5-2-1-4-15(19)13-23/h1-2,4-7,12H,3,8-11,14H2,(H,24,27). The predicted molar refractivity (Wildman–Crippen MR) is 98.2 cm³/mol. The second-order valence-electron chi connectivity index (χ2n) is 6.35. The van der Waals surface area contributed by atoms with Crippen LogP contribution < -0.4 is 10.2 Å². The average molecular weight is 370 g/mol. The van der Waals surface area contributed by atoms with E-state index in [-0.39, 0.29) is 18.1 Å². The van der Waals surface area contributed by atoms with Crippen molar-refractivity contribution in [3.8, 4) is 6.07 Å². The van der Waals surface area contributed by atoms with Crippen molar-refractivity contribution in [1.82, 2.24) is 10.2 Å². The maximum atomic E-state index is 13.7. The molecule has 27 heavy (non-hydrogen) atoms. The number of nitriles is 1. The molecule has 0 unspecified atom stereocenters. The highest BCUT2D eigenvalue weighted by molar-refractivity contribution is 5.74. The molecule has 1 fully saturated rings. The Morgan fingerprint density at radius 1 is 1.11 bits per heavy atom. The third-order valence-corrected chi connectivity index (χ3v) is 4.59. The molecule has 0 bridgehead atoms. The number of carbonyl (C=O) groups excluding carboxylic acids is 1. The van der Waals surface area contributed by atoms with Gasteiger partial charge in [0.25, 0.3) is 0 Å². The number of carbonyl (C=O) groups is 1. The third-order valence-electron chi connectivity index (χ3n) is 4.59. The lowest BCUT2D eigenvalue weighted by Crippen LogP contribution is -2.42. The van der Waals surface area contributed by atoms with Crippen LogP contribution in [0.1, 0.15) is 17.5 Å². The van der Waals surface area contributed by atoms with Crippen molar-refractivity contribution < 1.29 is 13.6 Å². The van der Waals surface area contributed by atoms with E-state index in [4.69, 9.17) is 0 Å². The Labute approximate surface area is 156 Å². The number of urea groups is 1. The molecule has 1 N–H and O–H groups in total. The fourth-order valence-corrected chi connectivity index (χ4v) is 3.17. The van der Waals surface area contributed by atoms with Crippen molar-refractivity contribution >= 4 is 11.7 Å². The number of hydrogen-bond donors (Lipinski definition) is 1. The average Bonchev–Trinajstić information content (AvgIpc) is 2.94. The van der Waals surface area contributed by atoms with E-state index in [1.165, 1.54) is 0 Å². The summed E-state index contributed by atoms with van der Waals surface area (Å²) in [7, 11) is 0. The molecule has 140 valence electrons. The molecule has 2 amide bonds. The van der Waals surface area contributed by atoms with Gasteiger partial charge in [0.1, 0.15) is 17.7 Å². The molecule has 7 heteroatoms. The zero-order chi connectivity index (χ0) is 19.2. The van der Waals surface area contributed by atoms with Crippen LogP contribution >= 0.6 is 0 Å². The summed E-state index contributed by atoms with van der Waals surface area (Å²) in [6.07, 6.45) is 0.751. The number of halogens is 2. The second kappa shape index (κ2) is 8.49. The summed E-state index contributed by atoms with van der Waals surface area (Å²) >= 11 is 0. The summed E-state index contributed by atoms with van der Waals surface area (Å²) in [5, 5.41) is 11.9. The number of para-hydroxylation sites is 1. The lowest BCUT2D eigenvalue weighted by molar-refractivity contribution is 0.201. The van der Waals surface area contributed by atoms with Gasteiger partial charge < -0.3 is 15.1 Å². The molecule has 0 atom stereocenters. The van der Waals surface area contributed by atoms with Crippen LogP contribution in [0, 0.1) is 23.0 Å². The molecule has 0 aliphatic carbocycles. The van der Waals surface area contributed by atoms with Crippen molar-refractivity contribution in [1.29, 1.82) is 5.26 Å². The van der Waals surface area contributed by atoms with Gasteiger partial charge in [-0.25, -0.2) is 13.6 Å². The molecule has 3 rings (SSSR count). The zero-order valence-corrected chi connectivity index (χ0v) is 14.8. The second-order valence-corrected chi connectivity index (χ2v) is 6.35. The van der Waals surface area contributed by atoms with Gasteiger partial charge in [-0.3, -0.25) is 0 Å². The topological polar surface area (TPSA) is 59.4 Å². The monoisotopic (exact) mass is 370 g/mol. The fourth-order valence-electron chi connectivity index (χ4n) is 3.17. The molecule has 1 heterocycles. The van der Waals surface area contributed by atoms with Crippen molar-refractivity contribution in [2.75, 3.05) is 31.1 Å². The fraction of sp³-hybridized carbons (Fsp3) is 0.300. The minimum atomic E-state index is -0.549. The van der Waals surface area contributed by atoms with Crippen LogP contribution in [0.4, 0.5) is 19.3 Å². The maximum Gasteiger partial charge on any atom is 0.317 e. The summed E-state index contributed by atoms with van der Waals surface area (Å²) in [5.74, 6) is -1.09. The normalized spacial score (nSPS) is 14.4. The Morgan fingerprint density at radius 3 is 2.74 bits per heavy atom. The molecular weight excluding hydrogens is 350 g/mol. The van der Waals surface area contributed by atoms with E-state index >= 15 is 0 Å². The number of rotatable bonds is 3. The van der Waals surface area contributed by atoms with E-state index in [0.29, 0.717) is 25.2 Å². The quantitative estimate of drug-likeness (QED) is 0.902. The van der Waals surface area contributed by atoms with Crippen LogP contribution in [0.15, 0.2) is 42.5 Å². The van der Waals surface area contributed by atoms with Crippen molar-refractivity contribution in [3.63, 3.8) is 0 Å². The van der Waals surface area contributed by atoms with Crippen molar-refractivity contribution in [2.24, 2.45) is 0 Å². The van der Waals surface area contributed by atoms with Crippen LogP contribution in [0.3, 0.4) is 0 Å². The van der Waals surface area contributed by atoms with Crippen molar-refractivity contribution in [3.05, 3.63) is 65.2 Å². The largest absolute Gasteiger partial charge is 0.369 e. The van der Waals surface area contributed by atoms with Crippen LogP contribution in [0.25, 0.3) is 0 Å². The molecule has 0 aromatic heterocycles. The molecule has 2 aromatic carbocycles. The molecular formula is C20H20F2N4O. The smallest absolute Gasteiger partial charge is 0.317 e. The maximum absolute atomic E-state index is 13.7. The summed E-state index contributed by atoms with van der Waals surface area (Å²) < 4.78 is 26.9. The Morgan fingerprint density at radius 2 is 1.93 bits per heavy atom. The van der Waals surface area contributed by atoms with Gasteiger partial charge in [0.2, 0.25) is 0 Å². The first-order valence-electron chi connectivity index (χ1n) is 8.79. The summed E-state index contributed by atoms with van der Waals surface area (Å²) in [6.45, 7) is 2.31. The Hall–Kier alpha value is -3.14. The Bertz CT molecular complexity index is 865. The first-order chi connectivity index (χ1) is 13.1. The molecule has 1 aliphatic rings. The molecule has 0 spiro atoms. The Kier molecular flexibility index (Phi) is 5.87. The molecule has 2 aromatic rings. The Balaban J connectivity index is 1.60. The molecule has 0 radical (unpaired) electrons. The lowest BCUT2D eigenvalue weighted by atomic mass is 10.1. The summed E-state index contributed by atoms with van der Waals surface area (Å²) in [6, 6.07) is 12.5. The number of benzene rings is 2. The highest BCUT2D eigenvalue weighted by Crippen LogP contribution is 2.21. The number of anilines is 1. The first kappa shape index (κ1) is 18.6. The van der Waals surface area contributed by atoms with Crippen LogP contribution in [0.2, 0.25) is 0 Å². The minimum absolute atomic E-state index is 0.0695. The highest BCUT2D eigenvalue weighted by atomic mass is 19.1. The summed E-state index contributed by atoms with van der Waals surface area (Å²) in [4.78, 5) is 16.2. The van der Waals surface area contributed by atoms with Crippen molar-refractivity contribution in [2.45, 2.75) is 13.0 Å². The van der Waals surface area contributed by atoms with Crippen LogP contribution in [-0.2, 0) is 6.54 Å². The summed E-state index contributed by atoms with van der Waals surface area (Å²) in [5.41, 5.74) is 1.59.